The Morgan fingerprint density at radius 1 is 1.17 bits per heavy atom. The van der Waals surface area contributed by atoms with Crippen LogP contribution in [-0.2, 0) is 12.8 Å². The summed E-state index contributed by atoms with van der Waals surface area (Å²) in [4.78, 5) is 0. The van der Waals surface area contributed by atoms with E-state index in [2.05, 4.69) is 0 Å². The van der Waals surface area contributed by atoms with E-state index in [4.69, 9.17) is 5.11 Å². The predicted molar refractivity (Wildman–Crippen MR) is 63.8 cm³/mol. The monoisotopic (exact) mass is 256 g/mol. The third-order valence-electron chi connectivity index (χ3n) is 3.21. The number of hydrogen-bond acceptors (Lipinski definition) is 1. The lowest BCUT2D eigenvalue weighted by atomic mass is 9.90. The van der Waals surface area contributed by atoms with Gasteiger partial charge in [0, 0.05) is 0 Å². The van der Waals surface area contributed by atoms with Gasteiger partial charge in [0.25, 0.3) is 0 Å². The third-order valence-corrected chi connectivity index (χ3v) is 3.21. The zero-order valence-electron chi connectivity index (χ0n) is 9.93. The van der Waals surface area contributed by atoms with Gasteiger partial charge in [-0.1, -0.05) is 18.2 Å². The van der Waals surface area contributed by atoms with E-state index in [1.807, 2.05) is 6.08 Å². The Bertz CT molecular complexity index is 461. The molecule has 1 aliphatic rings. The summed E-state index contributed by atoms with van der Waals surface area (Å²) >= 11 is 0. The van der Waals surface area contributed by atoms with E-state index in [1.54, 1.807) is 6.07 Å². The van der Waals surface area contributed by atoms with Crippen LogP contribution in [0.4, 0.5) is 13.2 Å². The number of alkyl halides is 3. The molecule has 1 aromatic carbocycles. The van der Waals surface area contributed by atoms with Gasteiger partial charge in [-0.3, -0.25) is 0 Å². The van der Waals surface area contributed by atoms with Crippen molar-refractivity contribution in [1.29, 1.82) is 0 Å². The highest BCUT2D eigenvalue weighted by Gasteiger charge is 2.34. The van der Waals surface area contributed by atoms with Gasteiger partial charge in [0.15, 0.2) is 0 Å². The fourth-order valence-electron chi connectivity index (χ4n) is 2.29. The topological polar surface area (TPSA) is 20.2 Å². The number of allylic oxidation sites excluding steroid dienone is 2. The number of benzene rings is 1. The number of aliphatic hydroxyl groups excluding tert-OH is 1. The summed E-state index contributed by atoms with van der Waals surface area (Å²) in [5.74, 6) is 0. The average molecular weight is 256 g/mol. The molecule has 0 fully saturated rings. The normalized spacial score (nSPS) is 16.6. The van der Waals surface area contributed by atoms with Gasteiger partial charge in [-0.2, -0.15) is 13.2 Å². The number of rotatable bonds is 2. The molecule has 0 atom stereocenters. The summed E-state index contributed by atoms with van der Waals surface area (Å²) in [6, 6.07) is 4.08. The molecule has 4 heteroatoms. The molecule has 0 radical (unpaired) electrons. The van der Waals surface area contributed by atoms with Crippen LogP contribution in [0.1, 0.15) is 42.4 Å². The van der Waals surface area contributed by atoms with Crippen LogP contribution in [0.5, 0.6) is 0 Å². The van der Waals surface area contributed by atoms with E-state index in [1.165, 1.54) is 6.07 Å². The van der Waals surface area contributed by atoms with Gasteiger partial charge in [-0.05, 0) is 48.4 Å². The van der Waals surface area contributed by atoms with Crippen LogP contribution in [0.25, 0.3) is 5.57 Å². The van der Waals surface area contributed by atoms with Crippen molar-refractivity contribution in [2.45, 2.75) is 38.5 Å². The van der Waals surface area contributed by atoms with Crippen molar-refractivity contribution in [1.82, 2.24) is 0 Å². The fraction of sp³-hybridized carbons (Fsp3) is 0.429. The van der Waals surface area contributed by atoms with Crippen molar-refractivity contribution in [2.75, 3.05) is 0 Å². The first-order chi connectivity index (χ1) is 8.52. The molecule has 0 heterocycles. The van der Waals surface area contributed by atoms with E-state index in [9.17, 15) is 13.2 Å². The van der Waals surface area contributed by atoms with E-state index >= 15 is 0 Å². The van der Waals surface area contributed by atoms with Gasteiger partial charge in [-0.15, -0.1) is 0 Å². The average Bonchev–Trinajstić information content (AvgIpc) is 2.38. The minimum absolute atomic E-state index is 0.263. The second kappa shape index (κ2) is 5.14. The van der Waals surface area contributed by atoms with E-state index in [-0.39, 0.29) is 12.2 Å². The molecule has 1 aromatic rings. The van der Waals surface area contributed by atoms with Gasteiger partial charge in [0.2, 0.25) is 0 Å². The maximum atomic E-state index is 13.0. The lowest BCUT2D eigenvalue weighted by molar-refractivity contribution is -0.137. The van der Waals surface area contributed by atoms with Crippen LogP contribution in [-0.4, -0.2) is 5.11 Å². The Morgan fingerprint density at radius 3 is 2.50 bits per heavy atom. The largest absolute Gasteiger partial charge is 0.417 e. The first kappa shape index (κ1) is 13.1. The molecule has 0 saturated carbocycles. The summed E-state index contributed by atoms with van der Waals surface area (Å²) in [7, 11) is 0. The molecule has 0 bridgehead atoms. The molecule has 1 aliphatic carbocycles. The lowest BCUT2D eigenvalue weighted by Crippen LogP contribution is -2.10. The molecule has 0 amide bonds. The Kier molecular flexibility index (Phi) is 3.76. The van der Waals surface area contributed by atoms with Crippen LogP contribution in [0.2, 0.25) is 0 Å². The zero-order valence-corrected chi connectivity index (χ0v) is 9.93. The molecule has 98 valence electrons. The maximum absolute atomic E-state index is 13.0. The van der Waals surface area contributed by atoms with Crippen LogP contribution in [0.15, 0.2) is 24.3 Å². The Morgan fingerprint density at radius 2 is 1.94 bits per heavy atom. The predicted octanol–water partition coefficient (Wildman–Crippen LogP) is 4.16. The molecule has 0 saturated heterocycles. The van der Waals surface area contributed by atoms with Gasteiger partial charge in [0.05, 0.1) is 12.2 Å². The summed E-state index contributed by atoms with van der Waals surface area (Å²) in [5.41, 5.74) is 0.696. The fourth-order valence-corrected chi connectivity index (χ4v) is 2.29. The third kappa shape index (κ3) is 2.75. The lowest BCUT2D eigenvalue weighted by Gasteiger charge is -2.19. The van der Waals surface area contributed by atoms with Crippen molar-refractivity contribution in [3.05, 3.63) is 41.0 Å². The number of hydrogen-bond donors (Lipinski definition) is 1. The second-order valence-corrected chi connectivity index (χ2v) is 4.51. The zero-order chi connectivity index (χ0) is 13.2. The molecular weight excluding hydrogens is 241 g/mol. The molecular formula is C14H15F3O. The molecule has 2 rings (SSSR count). The maximum Gasteiger partial charge on any atom is 0.417 e. The van der Waals surface area contributed by atoms with Crippen molar-refractivity contribution in [2.24, 2.45) is 0 Å². The Hall–Kier alpha value is -1.29. The summed E-state index contributed by atoms with van der Waals surface area (Å²) < 4.78 is 39.0. The summed E-state index contributed by atoms with van der Waals surface area (Å²) in [6.45, 7) is -0.373. The van der Waals surface area contributed by atoms with Crippen LogP contribution < -0.4 is 0 Å². The highest BCUT2D eigenvalue weighted by molar-refractivity contribution is 5.69. The first-order valence-corrected chi connectivity index (χ1v) is 6.03. The van der Waals surface area contributed by atoms with Crippen LogP contribution in [0.3, 0.4) is 0 Å². The van der Waals surface area contributed by atoms with Crippen molar-refractivity contribution in [3.8, 4) is 0 Å². The van der Waals surface area contributed by atoms with Crippen LogP contribution in [0, 0.1) is 0 Å². The van der Waals surface area contributed by atoms with E-state index in [0.717, 1.165) is 30.9 Å². The Balaban J connectivity index is 2.49. The molecule has 18 heavy (non-hydrogen) atoms. The van der Waals surface area contributed by atoms with Gasteiger partial charge in [-0.25, -0.2) is 0 Å². The molecule has 0 spiro atoms. The molecule has 0 unspecified atom stereocenters. The molecule has 1 nitrogen and oxygen atoms in total. The quantitative estimate of drug-likeness (QED) is 0.842. The van der Waals surface area contributed by atoms with Gasteiger partial charge >= 0.3 is 6.18 Å². The Labute approximate surface area is 104 Å². The SMILES string of the molecule is OCc1ccc(C2=CCCCC2)c(C(F)(F)F)c1. The highest BCUT2D eigenvalue weighted by Crippen LogP contribution is 2.38. The summed E-state index contributed by atoms with van der Waals surface area (Å²) in [5, 5.41) is 8.95. The van der Waals surface area contributed by atoms with Crippen molar-refractivity contribution >= 4 is 5.57 Å². The van der Waals surface area contributed by atoms with Crippen LogP contribution >= 0.6 is 0 Å². The minimum Gasteiger partial charge on any atom is -0.392 e. The molecule has 0 aliphatic heterocycles. The van der Waals surface area contributed by atoms with Gasteiger partial charge in [0.1, 0.15) is 0 Å². The van der Waals surface area contributed by atoms with E-state index in [0.29, 0.717) is 12.0 Å². The van der Waals surface area contributed by atoms with Crippen molar-refractivity contribution in [3.63, 3.8) is 0 Å². The van der Waals surface area contributed by atoms with Crippen molar-refractivity contribution < 1.29 is 18.3 Å². The molecule has 0 aromatic heterocycles. The standard InChI is InChI=1S/C14H15F3O/c15-14(16,17)13-8-10(9-18)6-7-12(13)11-4-2-1-3-5-11/h4,6-8,18H,1-3,5,9H2. The summed E-state index contributed by atoms with van der Waals surface area (Å²) in [6.07, 6.45) is 1.03. The second-order valence-electron chi connectivity index (χ2n) is 4.51. The van der Waals surface area contributed by atoms with Gasteiger partial charge < -0.3 is 5.11 Å². The smallest absolute Gasteiger partial charge is 0.392 e. The first-order valence-electron chi connectivity index (χ1n) is 6.03. The highest BCUT2D eigenvalue weighted by atomic mass is 19.4. The minimum atomic E-state index is -4.38. The van der Waals surface area contributed by atoms with E-state index < -0.39 is 11.7 Å². The number of halogens is 3. The number of aliphatic hydroxyl groups is 1. The molecule has 1 N–H and O–H groups in total.